The molecule has 0 aliphatic carbocycles. The van der Waals surface area contributed by atoms with Crippen molar-refractivity contribution in [1.82, 2.24) is 9.78 Å². The van der Waals surface area contributed by atoms with E-state index in [4.69, 9.17) is 5.10 Å². The summed E-state index contributed by atoms with van der Waals surface area (Å²) in [5.41, 5.74) is 6.89. The molecule has 1 heterocycles. The molecule has 5 aromatic rings. The van der Waals surface area contributed by atoms with E-state index in [-0.39, 0.29) is 5.75 Å². The molecule has 150 valence electrons. The number of para-hydroxylation sites is 2. The van der Waals surface area contributed by atoms with Crippen molar-refractivity contribution in [3.05, 3.63) is 127 Å². The first kappa shape index (κ1) is 18.9. The zero-order valence-electron chi connectivity index (χ0n) is 17.0. The number of phenolic OH excluding ortho intramolecular Hbond substituents is 1. The predicted molar refractivity (Wildman–Crippen MR) is 125 cm³/mol. The SMILES string of the molecule is Oc1ccccc1-c1c(-c2ccccc2)c(Cc2ccccc2)nn1-c1ccccc1. The Hall–Kier alpha value is -4.11. The normalized spacial score (nSPS) is 10.8. The molecular formula is C28H22N2O. The van der Waals surface area contributed by atoms with Crippen LogP contribution in [0.5, 0.6) is 5.75 Å². The monoisotopic (exact) mass is 402 g/mol. The Balaban J connectivity index is 1.82. The first-order chi connectivity index (χ1) is 15.3. The molecule has 0 radical (unpaired) electrons. The van der Waals surface area contributed by atoms with Crippen molar-refractivity contribution in [1.29, 1.82) is 0 Å². The Bertz CT molecular complexity index is 1290. The molecule has 0 atom stereocenters. The fourth-order valence-electron chi connectivity index (χ4n) is 3.96. The third-order valence-corrected chi connectivity index (χ3v) is 5.39. The maximum atomic E-state index is 10.8. The van der Waals surface area contributed by atoms with Gasteiger partial charge in [-0.2, -0.15) is 5.10 Å². The second-order valence-corrected chi connectivity index (χ2v) is 7.46. The maximum absolute atomic E-state index is 10.8. The van der Waals surface area contributed by atoms with Crippen LogP contribution in [0, 0.1) is 0 Å². The predicted octanol–water partition coefficient (Wildman–Crippen LogP) is 6.50. The van der Waals surface area contributed by atoms with Gasteiger partial charge in [0.1, 0.15) is 5.75 Å². The van der Waals surface area contributed by atoms with Crippen LogP contribution in [0.3, 0.4) is 0 Å². The first-order valence-corrected chi connectivity index (χ1v) is 10.4. The maximum Gasteiger partial charge on any atom is 0.124 e. The standard InChI is InChI=1S/C28H22N2O/c31-26-19-11-10-18-24(26)28-27(22-14-6-2-7-15-22)25(20-21-12-4-1-5-13-21)29-30(28)23-16-8-3-9-17-23/h1-19,31H,20H2. The number of phenols is 1. The Kier molecular flexibility index (Phi) is 5.07. The number of aromatic hydroxyl groups is 1. The van der Waals surface area contributed by atoms with Crippen LogP contribution >= 0.6 is 0 Å². The molecule has 3 heteroatoms. The summed E-state index contributed by atoms with van der Waals surface area (Å²) in [7, 11) is 0. The van der Waals surface area contributed by atoms with E-state index in [9.17, 15) is 5.11 Å². The molecule has 0 unspecified atom stereocenters. The summed E-state index contributed by atoms with van der Waals surface area (Å²) in [6.45, 7) is 0. The summed E-state index contributed by atoms with van der Waals surface area (Å²) in [6, 6.07) is 38.2. The van der Waals surface area contributed by atoms with Gasteiger partial charge in [0.25, 0.3) is 0 Å². The van der Waals surface area contributed by atoms with Gasteiger partial charge in [-0.3, -0.25) is 0 Å². The van der Waals surface area contributed by atoms with Crippen molar-refractivity contribution in [2.75, 3.05) is 0 Å². The molecular weight excluding hydrogens is 380 g/mol. The minimum absolute atomic E-state index is 0.239. The van der Waals surface area contributed by atoms with Crippen LogP contribution in [0.1, 0.15) is 11.3 Å². The van der Waals surface area contributed by atoms with Gasteiger partial charge in [0.15, 0.2) is 0 Å². The zero-order valence-corrected chi connectivity index (χ0v) is 17.0. The number of hydrogen-bond donors (Lipinski definition) is 1. The quantitative estimate of drug-likeness (QED) is 0.364. The lowest BCUT2D eigenvalue weighted by molar-refractivity contribution is 0.477. The van der Waals surface area contributed by atoms with E-state index in [0.29, 0.717) is 6.42 Å². The van der Waals surface area contributed by atoms with Crippen LogP contribution in [0.15, 0.2) is 115 Å². The fourth-order valence-corrected chi connectivity index (χ4v) is 3.96. The van der Waals surface area contributed by atoms with E-state index >= 15 is 0 Å². The van der Waals surface area contributed by atoms with Crippen molar-refractivity contribution >= 4 is 0 Å². The molecule has 31 heavy (non-hydrogen) atoms. The molecule has 0 saturated carbocycles. The van der Waals surface area contributed by atoms with E-state index in [1.807, 2.05) is 77.5 Å². The van der Waals surface area contributed by atoms with Gasteiger partial charge >= 0.3 is 0 Å². The summed E-state index contributed by atoms with van der Waals surface area (Å²) >= 11 is 0. The van der Waals surface area contributed by atoms with Crippen LogP contribution in [0.25, 0.3) is 28.1 Å². The summed E-state index contributed by atoms with van der Waals surface area (Å²) in [5, 5.41) is 15.8. The highest BCUT2D eigenvalue weighted by molar-refractivity contribution is 5.86. The number of aromatic nitrogens is 2. The van der Waals surface area contributed by atoms with Crippen LogP contribution in [-0.2, 0) is 6.42 Å². The molecule has 1 N–H and O–H groups in total. The molecule has 1 aromatic heterocycles. The van der Waals surface area contributed by atoms with Gasteiger partial charge < -0.3 is 5.11 Å². The van der Waals surface area contributed by atoms with Gasteiger partial charge in [-0.05, 0) is 35.4 Å². The van der Waals surface area contributed by atoms with E-state index < -0.39 is 0 Å². The highest BCUT2D eigenvalue weighted by atomic mass is 16.3. The number of hydrogen-bond acceptors (Lipinski definition) is 2. The van der Waals surface area contributed by atoms with Crippen molar-refractivity contribution in [2.45, 2.75) is 6.42 Å². The number of rotatable bonds is 5. The van der Waals surface area contributed by atoms with Crippen LogP contribution in [0.2, 0.25) is 0 Å². The Morgan fingerprint density at radius 1 is 0.645 bits per heavy atom. The molecule has 0 amide bonds. The largest absolute Gasteiger partial charge is 0.507 e. The molecule has 5 rings (SSSR count). The molecule has 0 fully saturated rings. The van der Waals surface area contributed by atoms with E-state index in [1.165, 1.54) is 5.56 Å². The number of benzene rings is 4. The van der Waals surface area contributed by atoms with Gasteiger partial charge in [0.05, 0.1) is 17.1 Å². The average molecular weight is 402 g/mol. The third-order valence-electron chi connectivity index (χ3n) is 5.39. The molecule has 0 aliphatic heterocycles. The van der Waals surface area contributed by atoms with Crippen molar-refractivity contribution in [3.8, 4) is 33.8 Å². The molecule has 3 nitrogen and oxygen atoms in total. The summed E-state index contributed by atoms with van der Waals surface area (Å²) < 4.78 is 1.95. The second-order valence-electron chi connectivity index (χ2n) is 7.46. The highest BCUT2D eigenvalue weighted by Gasteiger charge is 2.23. The lowest BCUT2D eigenvalue weighted by atomic mass is 9.95. The highest BCUT2D eigenvalue weighted by Crippen LogP contribution is 2.40. The van der Waals surface area contributed by atoms with Crippen molar-refractivity contribution < 1.29 is 5.11 Å². The minimum Gasteiger partial charge on any atom is -0.507 e. The smallest absolute Gasteiger partial charge is 0.124 e. The van der Waals surface area contributed by atoms with Crippen LogP contribution < -0.4 is 0 Å². The molecule has 4 aromatic carbocycles. The van der Waals surface area contributed by atoms with Crippen molar-refractivity contribution in [3.63, 3.8) is 0 Å². The van der Waals surface area contributed by atoms with Gasteiger partial charge in [-0.1, -0.05) is 91.0 Å². The fraction of sp³-hybridized carbons (Fsp3) is 0.0357. The zero-order chi connectivity index (χ0) is 21.0. The van der Waals surface area contributed by atoms with Crippen molar-refractivity contribution in [2.24, 2.45) is 0 Å². The second kappa shape index (κ2) is 8.33. The lowest BCUT2D eigenvalue weighted by Gasteiger charge is -2.12. The van der Waals surface area contributed by atoms with Gasteiger partial charge in [0, 0.05) is 17.5 Å². The molecule has 0 spiro atoms. The Labute approximate surface area is 181 Å². The molecule has 0 aliphatic rings. The minimum atomic E-state index is 0.239. The summed E-state index contributed by atoms with van der Waals surface area (Å²) in [4.78, 5) is 0. The average Bonchev–Trinajstić information content (AvgIpc) is 3.20. The Morgan fingerprint density at radius 2 is 1.23 bits per heavy atom. The van der Waals surface area contributed by atoms with Crippen LogP contribution in [-0.4, -0.2) is 14.9 Å². The van der Waals surface area contributed by atoms with Gasteiger partial charge in [-0.15, -0.1) is 0 Å². The number of nitrogens with zero attached hydrogens (tertiary/aromatic N) is 2. The van der Waals surface area contributed by atoms with Crippen LogP contribution in [0.4, 0.5) is 0 Å². The summed E-state index contributed by atoms with van der Waals surface area (Å²) in [5.74, 6) is 0.239. The Morgan fingerprint density at radius 3 is 1.90 bits per heavy atom. The van der Waals surface area contributed by atoms with E-state index in [0.717, 1.165) is 33.8 Å². The van der Waals surface area contributed by atoms with Gasteiger partial charge in [-0.25, -0.2) is 4.68 Å². The topological polar surface area (TPSA) is 38.1 Å². The van der Waals surface area contributed by atoms with E-state index in [1.54, 1.807) is 6.07 Å². The third kappa shape index (κ3) is 3.74. The van der Waals surface area contributed by atoms with E-state index in [2.05, 4.69) is 36.4 Å². The first-order valence-electron chi connectivity index (χ1n) is 10.4. The molecule has 0 saturated heterocycles. The van der Waals surface area contributed by atoms with Gasteiger partial charge in [0.2, 0.25) is 0 Å². The summed E-state index contributed by atoms with van der Waals surface area (Å²) in [6.07, 6.45) is 0.700. The molecule has 0 bridgehead atoms. The lowest BCUT2D eigenvalue weighted by Crippen LogP contribution is -2.00.